The average molecular weight is 469 g/mol. The number of fused-ring (bicyclic) bond motifs is 1. The number of hydrogen-bond donors (Lipinski definition) is 3. The first-order chi connectivity index (χ1) is 17.2. The lowest BCUT2D eigenvalue weighted by Gasteiger charge is -2.15. The Hall–Kier alpha value is -4.26. The fraction of sp³-hybridized carbons (Fsp3) is 0.214. The number of likely N-dealkylation sites (tertiary alicyclic amines) is 1. The Labute approximate surface area is 204 Å². The highest BCUT2D eigenvalue weighted by molar-refractivity contribution is 6.00. The van der Waals surface area contributed by atoms with Crippen LogP contribution in [0, 0.1) is 0 Å². The number of carbonyl (C=O) groups is 2. The summed E-state index contributed by atoms with van der Waals surface area (Å²) in [6, 6.07) is 22.8. The second-order valence-corrected chi connectivity index (χ2v) is 8.63. The molecule has 7 nitrogen and oxygen atoms in total. The zero-order chi connectivity index (χ0) is 24.0. The molecule has 7 heteroatoms. The summed E-state index contributed by atoms with van der Waals surface area (Å²) in [5.41, 5.74) is 4.28. The molecule has 3 N–H and O–H groups in total. The number of nitrogens with zero attached hydrogens (tertiary/aromatic N) is 1. The predicted octanol–water partition coefficient (Wildman–Crippen LogP) is 5.48. The quantitative estimate of drug-likeness (QED) is 0.335. The van der Waals surface area contributed by atoms with Crippen LogP contribution in [0.2, 0.25) is 0 Å². The van der Waals surface area contributed by atoms with Crippen LogP contribution in [0.4, 0.5) is 16.2 Å². The molecule has 178 valence electrons. The summed E-state index contributed by atoms with van der Waals surface area (Å²) in [5, 5.41) is 7.32. The van der Waals surface area contributed by atoms with Gasteiger partial charge in [0.2, 0.25) is 0 Å². The summed E-state index contributed by atoms with van der Waals surface area (Å²) in [4.78, 5) is 30.3. The van der Waals surface area contributed by atoms with Crippen LogP contribution in [0.25, 0.3) is 10.9 Å². The van der Waals surface area contributed by atoms with E-state index in [1.165, 1.54) is 0 Å². The smallest absolute Gasteiger partial charge is 0.410 e. The number of rotatable bonds is 7. The number of hydrogen-bond acceptors (Lipinski definition) is 4. The Morgan fingerprint density at radius 3 is 2.54 bits per heavy atom. The number of anilines is 2. The van der Waals surface area contributed by atoms with Crippen LogP contribution in [-0.2, 0) is 6.42 Å². The Morgan fingerprint density at radius 1 is 0.943 bits per heavy atom. The van der Waals surface area contributed by atoms with Gasteiger partial charge in [0.05, 0.1) is 11.3 Å². The summed E-state index contributed by atoms with van der Waals surface area (Å²) in [6.07, 6.45) is 4.33. The summed E-state index contributed by atoms with van der Waals surface area (Å²) < 4.78 is 5.59. The van der Waals surface area contributed by atoms with E-state index in [1.807, 2.05) is 72.9 Å². The molecule has 1 aromatic heterocycles. The first-order valence-corrected chi connectivity index (χ1v) is 11.9. The maximum atomic E-state index is 12.9. The average Bonchev–Trinajstić information content (AvgIpc) is 3.56. The molecule has 5 rings (SSSR count). The third-order valence-electron chi connectivity index (χ3n) is 6.21. The maximum absolute atomic E-state index is 12.9. The van der Waals surface area contributed by atoms with E-state index >= 15 is 0 Å². The number of ether oxygens (including phenoxy) is 1. The fourth-order valence-corrected chi connectivity index (χ4v) is 4.37. The number of aromatic nitrogens is 1. The lowest BCUT2D eigenvalue weighted by Crippen LogP contribution is -2.30. The molecule has 1 aliphatic rings. The van der Waals surface area contributed by atoms with Crippen molar-refractivity contribution in [1.29, 1.82) is 0 Å². The molecule has 3 aromatic carbocycles. The van der Waals surface area contributed by atoms with E-state index < -0.39 is 0 Å². The van der Waals surface area contributed by atoms with E-state index in [9.17, 15) is 9.59 Å². The molecule has 2 heterocycles. The van der Waals surface area contributed by atoms with E-state index in [0.717, 1.165) is 53.8 Å². The van der Waals surface area contributed by atoms with Crippen molar-refractivity contribution in [2.24, 2.45) is 0 Å². The van der Waals surface area contributed by atoms with Crippen LogP contribution < -0.4 is 15.4 Å². The number of aromatic amines is 1. The van der Waals surface area contributed by atoms with Crippen LogP contribution in [0.1, 0.15) is 28.8 Å². The maximum Gasteiger partial charge on any atom is 0.415 e. The monoisotopic (exact) mass is 468 g/mol. The molecule has 2 amide bonds. The van der Waals surface area contributed by atoms with Gasteiger partial charge in [-0.2, -0.15) is 0 Å². The molecule has 0 bridgehead atoms. The third-order valence-corrected chi connectivity index (χ3v) is 6.21. The van der Waals surface area contributed by atoms with Gasteiger partial charge < -0.3 is 25.3 Å². The van der Waals surface area contributed by atoms with Crippen LogP contribution in [-0.4, -0.2) is 41.5 Å². The normalized spacial score (nSPS) is 13.1. The Balaban J connectivity index is 1.22. The first-order valence-electron chi connectivity index (χ1n) is 11.9. The van der Waals surface area contributed by atoms with Gasteiger partial charge in [-0.3, -0.25) is 4.79 Å². The number of carbonyl (C=O) groups excluding carboxylic acids is 2. The van der Waals surface area contributed by atoms with Gasteiger partial charge in [-0.05, 0) is 67.3 Å². The molecule has 1 fully saturated rings. The van der Waals surface area contributed by atoms with Gasteiger partial charge in [-0.15, -0.1) is 0 Å². The standard InChI is InChI=1S/C28H28N4O3/c33-27(23-10-4-5-11-26(23)31-21-8-2-1-3-9-21)29-15-14-20-19-30-25-13-12-22(18-24(20)25)35-28(34)32-16-6-7-17-32/h1-5,8-13,18-19,30-31H,6-7,14-17H2,(H,29,33). The van der Waals surface area contributed by atoms with Gasteiger partial charge in [-0.1, -0.05) is 30.3 Å². The topological polar surface area (TPSA) is 86.5 Å². The molecule has 0 atom stereocenters. The predicted molar refractivity (Wildman–Crippen MR) is 137 cm³/mol. The molecular formula is C28H28N4O3. The largest absolute Gasteiger partial charge is 0.415 e. The van der Waals surface area contributed by atoms with Gasteiger partial charge in [-0.25, -0.2) is 4.79 Å². The first kappa shape index (κ1) is 22.5. The minimum Gasteiger partial charge on any atom is -0.410 e. The number of benzene rings is 3. The molecule has 0 radical (unpaired) electrons. The van der Waals surface area contributed by atoms with Gasteiger partial charge in [0.25, 0.3) is 5.91 Å². The van der Waals surface area contributed by atoms with Crippen LogP contribution in [0.3, 0.4) is 0 Å². The molecular weight excluding hydrogens is 440 g/mol. The number of H-pyrrole nitrogens is 1. The highest BCUT2D eigenvalue weighted by Gasteiger charge is 2.20. The molecule has 4 aromatic rings. The van der Waals surface area contributed by atoms with Crippen LogP contribution in [0.15, 0.2) is 79.0 Å². The van der Waals surface area contributed by atoms with Crippen LogP contribution >= 0.6 is 0 Å². The van der Waals surface area contributed by atoms with Crippen molar-refractivity contribution < 1.29 is 14.3 Å². The molecule has 35 heavy (non-hydrogen) atoms. The summed E-state index contributed by atoms with van der Waals surface area (Å²) in [5.74, 6) is 0.393. The summed E-state index contributed by atoms with van der Waals surface area (Å²) in [6.45, 7) is 1.98. The fourth-order valence-electron chi connectivity index (χ4n) is 4.37. The molecule has 0 aliphatic carbocycles. The third kappa shape index (κ3) is 5.30. The zero-order valence-electron chi connectivity index (χ0n) is 19.4. The van der Waals surface area contributed by atoms with Gasteiger partial charge >= 0.3 is 6.09 Å². The summed E-state index contributed by atoms with van der Waals surface area (Å²) >= 11 is 0. The van der Waals surface area contributed by atoms with Crippen molar-refractivity contribution in [2.45, 2.75) is 19.3 Å². The van der Waals surface area contributed by atoms with Crippen LogP contribution in [0.5, 0.6) is 5.75 Å². The van der Waals surface area contributed by atoms with Crippen molar-refractivity contribution >= 4 is 34.3 Å². The Bertz CT molecular complexity index is 1330. The van der Waals surface area contributed by atoms with E-state index in [4.69, 9.17) is 4.74 Å². The zero-order valence-corrected chi connectivity index (χ0v) is 19.4. The molecule has 0 spiro atoms. The van der Waals surface area contributed by atoms with E-state index in [-0.39, 0.29) is 12.0 Å². The molecule has 1 aliphatic heterocycles. The lowest BCUT2D eigenvalue weighted by atomic mass is 10.1. The molecule has 0 unspecified atom stereocenters. The SMILES string of the molecule is O=C(NCCc1c[nH]c2ccc(OC(=O)N3CCCC3)cc12)c1ccccc1Nc1ccccc1. The second kappa shape index (κ2) is 10.3. The van der Waals surface area contributed by atoms with E-state index in [1.54, 1.807) is 11.0 Å². The second-order valence-electron chi connectivity index (χ2n) is 8.63. The minimum absolute atomic E-state index is 0.135. The molecule has 1 saturated heterocycles. The van der Waals surface area contributed by atoms with Crippen molar-refractivity contribution in [1.82, 2.24) is 15.2 Å². The summed E-state index contributed by atoms with van der Waals surface area (Å²) in [7, 11) is 0. The Kier molecular flexibility index (Phi) is 6.66. The lowest BCUT2D eigenvalue weighted by molar-refractivity contribution is 0.0955. The number of nitrogens with one attached hydrogen (secondary N) is 3. The minimum atomic E-state index is -0.297. The highest BCUT2D eigenvalue weighted by Crippen LogP contribution is 2.25. The highest BCUT2D eigenvalue weighted by atomic mass is 16.6. The van der Waals surface area contributed by atoms with Crippen molar-refractivity contribution in [2.75, 3.05) is 25.0 Å². The van der Waals surface area contributed by atoms with Crippen molar-refractivity contribution in [3.05, 3.63) is 90.1 Å². The number of para-hydroxylation sites is 2. The van der Waals surface area contributed by atoms with E-state index in [2.05, 4.69) is 15.6 Å². The van der Waals surface area contributed by atoms with Crippen molar-refractivity contribution in [3.8, 4) is 5.75 Å². The van der Waals surface area contributed by atoms with Gasteiger partial charge in [0, 0.05) is 42.4 Å². The van der Waals surface area contributed by atoms with Gasteiger partial charge in [0.1, 0.15) is 5.75 Å². The van der Waals surface area contributed by atoms with Crippen molar-refractivity contribution in [3.63, 3.8) is 0 Å². The van der Waals surface area contributed by atoms with E-state index in [0.29, 0.717) is 24.3 Å². The Morgan fingerprint density at radius 2 is 1.71 bits per heavy atom. The number of amides is 2. The van der Waals surface area contributed by atoms with Gasteiger partial charge in [0.15, 0.2) is 0 Å². The molecule has 0 saturated carbocycles.